The Morgan fingerprint density at radius 2 is 1.42 bits per heavy atom. The summed E-state index contributed by atoms with van der Waals surface area (Å²) in [4.78, 5) is 33.9. The van der Waals surface area contributed by atoms with Gasteiger partial charge in [-0.25, -0.2) is 4.98 Å². The van der Waals surface area contributed by atoms with E-state index in [0.29, 0.717) is 45.7 Å². The van der Waals surface area contributed by atoms with Gasteiger partial charge in [0.25, 0.3) is 0 Å². The van der Waals surface area contributed by atoms with Crippen LogP contribution in [-0.4, -0.2) is 62.8 Å². The Labute approximate surface area is 320 Å². The van der Waals surface area contributed by atoms with Crippen LogP contribution in [-0.2, 0) is 28.4 Å². The number of carbonyl (C=O) groups is 2. The highest BCUT2D eigenvalue weighted by atomic mass is 32.2. The molecule has 268 valence electrons. The number of anilines is 1. The van der Waals surface area contributed by atoms with Crippen molar-refractivity contribution in [2.45, 2.75) is 60.0 Å². The molecular weight excluding hydrogens is 733 g/mol. The Kier molecular flexibility index (Phi) is 14.3. The number of allylic oxidation sites excluding steroid dienone is 5. The van der Waals surface area contributed by atoms with Crippen LogP contribution in [0.5, 0.6) is 0 Å². The molecule has 0 saturated carbocycles. The number of rotatable bonds is 17. The fourth-order valence-electron chi connectivity index (χ4n) is 4.85. The van der Waals surface area contributed by atoms with Gasteiger partial charge in [-0.1, -0.05) is 60.5 Å². The Morgan fingerprint density at radius 1 is 0.808 bits per heavy atom. The molecule has 0 aliphatic heterocycles. The lowest BCUT2D eigenvalue weighted by Crippen LogP contribution is -2.23. The number of thiol groups is 1. The minimum absolute atomic E-state index is 0.118. The van der Waals surface area contributed by atoms with E-state index in [2.05, 4.69) is 60.2 Å². The molecule has 0 spiro atoms. The summed E-state index contributed by atoms with van der Waals surface area (Å²) in [5.41, 5.74) is 4.31. The molecule has 5 aromatic rings. The zero-order valence-corrected chi connectivity index (χ0v) is 32.2. The van der Waals surface area contributed by atoms with E-state index in [9.17, 15) is 9.59 Å². The van der Waals surface area contributed by atoms with Crippen molar-refractivity contribution < 1.29 is 9.59 Å². The molecule has 0 aliphatic rings. The molecule has 12 nitrogen and oxygen atoms in total. The molecule has 0 unspecified atom stereocenters. The van der Waals surface area contributed by atoms with Gasteiger partial charge < -0.3 is 19.8 Å². The first-order valence-electron chi connectivity index (χ1n) is 16.3. The molecule has 5 rings (SSSR count). The van der Waals surface area contributed by atoms with Gasteiger partial charge in [0.1, 0.15) is 0 Å². The first-order chi connectivity index (χ1) is 25.3. The summed E-state index contributed by atoms with van der Waals surface area (Å²) in [7, 11) is 0. The lowest BCUT2D eigenvalue weighted by atomic mass is 10.2. The lowest BCUT2D eigenvalue weighted by molar-refractivity contribution is -0.118. The minimum atomic E-state index is -0.133. The molecule has 16 heteroatoms. The third-order valence-electron chi connectivity index (χ3n) is 7.28. The topological polar surface area (TPSA) is 145 Å². The summed E-state index contributed by atoms with van der Waals surface area (Å²) in [6, 6.07) is 15.4. The third kappa shape index (κ3) is 10.7. The molecular formula is C36H38N10O2S4. The van der Waals surface area contributed by atoms with Gasteiger partial charge in [-0.15, -0.1) is 44.8 Å². The van der Waals surface area contributed by atoms with Crippen LogP contribution in [0.2, 0.25) is 0 Å². The van der Waals surface area contributed by atoms with E-state index in [4.69, 9.17) is 0 Å². The summed E-state index contributed by atoms with van der Waals surface area (Å²) in [6.45, 7) is 10.8. The Balaban J connectivity index is 1.12. The lowest BCUT2D eigenvalue weighted by Gasteiger charge is -2.09. The largest absolute Gasteiger partial charge is 0.329 e. The van der Waals surface area contributed by atoms with E-state index in [1.165, 1.54) is 23.5 Å². The normalized spacial score (nSPS) is 11.6. The molecule has 0 radical (unpaired) electrons. The van der Waals surface area contributed by atoms with E-state index in [-0.39, 0.29) is 23.3 Å². The van der Waals surface area contributed by atoms with Gasteiger partial charge in [-0.3, -0.25) is 14.6 Å². The van der Waals surface area contributed by atoms with Gasteiger partial charge in [0, 0.05) is 53.7 Å². The number of carbonyl (C=O) groups excluding carboxylic acids is 2. The average molecular weight is 771 g/mol. The van der Waals surface area contributed by atoms with Gasteiger partial charge in [-0.2, -0.15) is 0 Å². The molecule has 0 saturated heterocycles. The number of hydrogen-bond donors (Lipinski definition) is 3. The highest BCUT2D eigenvalue weighted by Gasteiger charge is 2.17. The number of nitrogens with zero attached hydrogens (tertiary/aromatic N) is 8. The van der Waals surface area contributed by atoms with Crippen LogP contribution in [0.25, 0.3) is 22.8 Å². The molecule has 2 amide bonds. The van der Waals surface area contributed by atoms with Crippen LogP contribution < -0.4 is 10.6 Å². The second kappa shape index (κ2) is 19.3. The summed E-state index contributed by atoms with van der Waals surface area (Å²) < 4.78 is 3.97. The molecule has 52 heavy (non-hydrogen) atoms. The predicted molar refractivity (Wildman–Crippen MR) is 212 cm³/mol. The fourth-order valence-corrected chi connectivity index (χ4v) is 7.51. The molecule has 0 aliphatic carbocycles. The van der Waals surface area contributed by atoms with E-state index in [0.717, 1.165) is 33.2 Å². The van der Waals surface area contributed by atoms with Gasteiger partial charge in [-0.05, 0) is 68.8 Å². The molecule has 0 fully saturated rings. The predicted octanol–water partition coefficient (Wildman–Crippen LogP) is 7.20. The van der Waals surface area contributed by atoms with Gasteiger partial charge >= 0.3 is 0 Å². The molecule has 1 aromatic carbocycles. The Morgan fingerprint density at radius 3 is 2.04 bits per heavy atom. The van der Waals surface area contributed by atoms with Crippen LogP contribution in [0.15, 0.2) is 118 Å². The number of nitrogens with one attached hydrogen (secondary N) is 2. The molecule has 2 N–H and O–H groups in total. The molecule has 0 bridgehead atoms. The van der Waals surface area contributed by atoms with E-state index >= 15 is 0 Å². The van der Waals surface area contributed by atoms with Crippen molar-refractivity contribution in [3.63, 3.8) is 0 Å². The average Bonchev–Trinajstić information content (AvgIpc) is 3.77. The zero-order valence-electron chi connectivity index (χ0n) is 28.9. The van der Waals surface area contributed by atoms with Crippen LogP contribution in [0.3, 0.4) is 0 Å². The van der Waals surface area contributed by atoms with Crippen molar-refractivity contribution in [2.24, 2.45) is 0 Å². The Hall–Kier alpha value is -4.64. The van der Waals surface area contributed by atoms with Gasteiger partial charge in [0.2, 0.25) is 11.8 Å². The first kappa shape index (κ1) is 38.6. The number of amides is 2. The van der Waals surface area contributed by atoms with Crippen LogP contribution in [0.4, 0.5) is 5.69 Å². The van der Waals surface area contributed by atoms with Crippen molar-refractivity contribution in [1.29, 1.82) is 0 Å². The molecule has 4 aromatic heterocycles. The maximum Gasteiger partial charge on any atom is 0.234 e. The number of hydrogen-bond acceptors (Lipinski definition) is 12. The van der Waals surface area contributed by atoms with E-state index < -0.39 is 0 Å². The maximum atomic E-state index is 12.8. The van der Waals surface area contributed by atoms with Gasteiger partial charge in [0.15, 0.2) is 22.0 Å². The third-order valence-corrected chi connectivity index (χ3v) is 10.5. The zero-order chi connectivity index (χ0) is 36.9. The summed E-state index contributed by atoms with van der Waals surface area (Å²) >= 11 is 8.61. The molecule has 4 heterocycles. The molecule has 0 atom stereocenters. The van der Waals surface area contributed by atoms with Crippen molar-refractivity contribution in [3.8, 4) is 22.8 Å². The Bertz CT molecular complexity index is 2080. The summed E-state index contributed by atoms with van der Waals surface area (Å²) in [5, 5.41) is 26.1. The minimum Gasteiger partial charge on any atom is -0.329 e. The quantitative estimate of drug-likeness (QED) is 0.0502. The van der Waals surface area contributed by atoms with Crippen molar-refractivity contribution in [3.05, 3.63) is 103 Å². The second-order valence-corrected chi connectivity index (χ2v) is 14.4. The summed E-state index contributed by atoms with van der Waals surface area (Å²) in [6.07, 6.45) is 10.5. The van der Waals surface area contributed by atoms with Crippen LogP contribution in [0, 0.1) is 0 Å². The second-order valence-electron chi connectivity index (χ2n) is 11.0. The van der Waals surface area contributed by atoms with E-state index in [1.807, 2.05) is 90.6 Å². The van der Waals surface area contributed by atoms with Crippen molar-refractivity contribution in [1.82, 2.24) is 44.8 Å². The highest BCUT2D eigenvalue weighted by Crippen LogP contribution is 2.29. The van der Waals surface area contributed by atoms with Gasteiger partial charge in [0.05, 0.1) is 21.6 Å². The first-order valence-corrected chi connectivity index (χ1v) is 19.7. The van der Waals surface area contributed by atoms with Crippen LogP contribution >= 0.6 is 47.9 Å². The van der Waals surface area contributed by atoms with Crippen LogP contribution in [0.1, 0.15) is 26.3 Å². The number of aromatic nitrogens is 8. The standard InChI is InChI=1S/C36H38N10O2S4/c1-5-8-9-10-24(4)39-29(47)22-51-36-44-42-34(46(36)7-3)27-16-18-38-32(20-27)50-21-25-11-13-28(14-12-25)40-30(48)23-52-35-43-41-33(45(35)6-2)26-15-17-37-31(49)19-26/h5,8-20H,1,6-7,21-23H2,2-4H3,(H,37,49)(H,39,47)(H,40,48)/b9-8-,24-10+. The number of thioether (sulfide) groups is 3. The maximum absolute atomic E-state index is 12.8. The SMILES string of the molecule is C=C/C=C\C=C(/C)NC(=O)CSc1nnc(-c2ccnc(SCc3ccc(NC(=O)CSc4nnc(-c5ccnc(S)c5)n4CC)cc3)c2)n1CC. The van der Waals surface area contributed by atoms with E-state index in [1.54, 1.807) is 36.3 Å². The number of benzene rings is 1. The highest BCUT2D eigenvalue weighted by molar-refractivity contribution is 8.00. The number of pyridine rings is 2. The summed E-state index contributed by atoms with van der Waals surface area (Å²) in [5.74, 6) is 2.27. The monoisotopic (exact) mass is 770 g/mol. The van der Waals surface area contributed by atoms with Crippen molar-refractivity contribution >= 4 is 65.4 Å². The van der Waals surface area contributed by atoms with Crippen molar-refractivity contribution in [2.75, 3.05) is 16.8 Å². The fraction of sp³-hybridized carbons (Fsp3) is 0.222. The smallest absolute Gasteiger partial charge is 0.234 e.